The highest BCUT2D eigenvalue weighted by Crippen LogP contribution is 2.21. The molecular formula is C12H24N2O3. The highest BCUT2D eigenvalue weighted by molar-refractivity contribution is 5.75. The summed E-state index contributed by atoms with van der Waals surface area (Å²) < 4.78 is 5.21. The molecule has 0 aromatic heterocycles. The Labute approximate surface area is 103 Å². The van der Waals surface area contributed by atoms with Crippen molar-refractivity contribution < 1.29 is 14.6 Å². The zero-order valence-electron chi connectivity index (χ0n) is 10.9. The Morgan fingerprint density at radius 2 is 2.12 bits per heavy atom. The highest BCUT2D eigenvalue weighted by Gasteiger charge is 2.32. The summed E-state index contributed by atoms with van der Waals surface area (Å²) in [5, 5.41) is 13.3. The molecule has 0 aliphatic carbocycles. The van der Waals surface area contributed by atoms with E-state index in [4.69, 9.17) is 4.74 Å². The van der Waals surface area contributed by atoms with Crippen molar-refractivity contribution in [3.05, 3.63) is 0 Å². The Bertz CT molecular complexity index is 240. The van der Waals surface area contributed by atoms with Crippen LogP contribution in [-0.2, 0) is 9.53 Å². The first kappa shape index (κ1) is 14.4. The van der Waals surface area contributed by atoms with Crippen LogP contribution in [0.5, 0.6) is 0 Å². The molecule has 0 spiro atoms. The zero-order valence-corrected chi connectivity index (χ0v) is 10.9. The van der Waals surface area contributed by atoms with E-state index >= 15 is 0 Å². The summed E-state index contributed by atoms with van der Waals surface area (Å²) >= 11 is 0. The lowest BCUT2D eigenvalue weighted by Gasteiger charge is -2.35. The van der Waals surface area contributed by atoms with Gasteiger partial charge in [0.25, 0.3) is 0 Å². The van der Waals surface area contributed by atoms with Crippen molar-refractivity contribution in [1.29, 1.82) is 0 Å². The molecule has 0 aromatic carbocycles. The number of likely N-dealkylation sites (N-methyl/N-ethyl adjacent to an activating group) is 1. The van der Waals surface area contributed by atoms with Gasteiger partial charge in [0.15, 0.2) is 0 Å². The molecule has 1 amide bonds. The van der Waals surface area contributed by atoms with Crippen molar-refractivity contribution in [3.8, 4) is 0 Å². The SMILES string of the molecule is CNCCCC(=O)N(C)CC1(O)CCOCC1. The lowest BCUT2D eigenvalue weighted by atomic mass is 9.94. The molecule has 0 radical (unpaired) electrons. The van der Waals surface area contributed by atoms with Crippen molar-refractivity contribution in [2.24, 2.45) is 0 Å². The van der Waals surface area contributed by atoms with Gasteiger partial charge in [-0.25, -0.2) is 0 Å². The standard InChI is InChI=1S/C12H24N2O3/c1-13-7-3-4-11(15)14(2)10-12(16)5-8-17-9-6-12/h13,16H,3-10H2,1-2H3. The van der Waals surface area contributed by atoms with Crippen molar-refractivity contribution in [3.63, 3.8) is 0 Å². The second-order valence-corrected chi connectivity index (χ2v) is 4.79. The minimum absolute atomic E-state index is 0.0974. The number of ether oxygens (including phenoxy) is 1. The second-order valence-electron chi connectivity index (χ2n) is 4.79. The zero-order chi connectivity index (χ0) is 12.7. The number of aliphatic hydroxyl groups is 1. The van der Waals surface area contributed by atoms with Crippen LogP contribution < -0.4 is 5.32 Å². The van der Waals surface area contributed by atoms with E-state index < -0.39 is 5.60 Å². The number of hydrogen-bond acceptors (Lipinski definition) is 4. The van der Waals surface area contributed by atoms with Crippen LogP contribution >= 0.6 is 0 Å². The number of nitrogens with one attached hydrogen (secondary N) is 1. The van der Waals surface area contributed by atoms with E-state index in [0.29, 0.717) is 39.0 Å². The molecule has 1 rings (SSSR count). The smallest absolute Gasteiger partial charge is 0.222 e. The van der Waals surface area contributed by atoms with E-state index in [-0.39, 0.29) is 5.91 Å². The Hall–Kier alpha value is -0.650. The fourth-order valence-corrected chi connectivity index (χ4v) is 2.05. The van der Waals surface area contributed by atoms with Crippen molar-refractivity contribution in [1.82, 2.24) is 10.2 Å². The van der Waals surface area contributed by atoms with E-state index in [1.165, 1.54) is 0 Å². The first-order chi connectivity index (χ1) is 8.07. The summed E-state index contributed by atoms with van der Waals surface area (Å²) in [5.74, 6) is 0.0974. The van der Waals surface area contributed by atoms with Gasteiger partial charge < -0.3 is 20.1 Å². The average Bonchev–Trinajstić information content (AvgIpc) is 2.29. The molecule has 2 N–H and O–H groups in total. The Balaban J connectivity index is 2.31. The second kappa shape index (κ2) is 6.93. The third-order valence-electron chi connectivity index (χ3n) is 3.20. The Morgan fingerprint density at radius 3 is 2.71 bits per heavy atom. The molecule has 17 heavy (non-hydrogen) atoms. The molecule has 1 aliphatic rings. The van der Waals surface area contributed by atoms with Gasteiger partial charge in [-0.05, 0) is 20.0 Å². The summed E-state index contributed by atoms with van der Waals surface area (Å²) in [7, 11) is 3.63. The third kappa shape index (κ3) is 5.02. The van der Waals surface area contributed by atoms with Crippen LogP contribution in [0.15, 0.2) is 0 Å². The third-order valence-corrected chi connectivity index (χ3v) is 3.20. The quantitative estimate of drug-likeness (QED) is 0.645. The van der Waals surface area contributed by atoms with Gasteiger partial charge in [0.2, 0.25) is 5.91 Å². The van der Waals surface area contributed by atoms with Gasteiger partial charge in [0.05, 0.1) is 5.60 Å². The lowest BCUT2D eigenvalue weighted by molar-refractivity contribution is -0.136. The fourth-order valence-electron chi connectivity index (χ4n) is 2.05. The maximum absolute atomic E-state index is 11.8. The molecule has 0 atom stereocenters. The van der Waals surface area contributed by atoms with Crippen LogP contribution in [0.4, 0.5) is 0 Å². The Morgan fingerprint density at radius 1 is 1.47 bits per heavy atom. The summed E-state index contributed by atoms with van der Waals surface area (Å²) in [6, 6.07) is 0. The molecular weight excluding hydrogens is 220 g/mol. The van der Waals surface area contributed by atoms with Crippen LogP contribution in [0.25, 0.3) is 0 Å². The minimum Gasteiger partial charge on any atom is -0.388 e. The van der Waals surface area contributed by atoms with Crippen LogP contribution in [0.2, 0.25) is 0 Å². The van der Waals surface area contributed by atoms with Crippen LogP contribution in [0.1, 0.15) is 25.7 Å². The van der Waals surface area contributed by atoms with Gasteiger partial charge in [0, 0.05) is 46.1 Å². The molecule has 0 bridgehead atoms. The van der Waals surface area contributed by atoms with Gasteiger partial charge in [-0.3, -0.25) is 4.79 Å². The molecule has 1 heterocycles. The van der Waals surface area contributed by atoms with Crippen molar-refractivity contribution >= 4 is 5.91 Å². The molecule has 0 aromatic rings. The van der Waals surface area contributed by atoms with E-state index in [1.54, 1.807) is 11.9 Å². The summed E-state index contributed by atoms with van der Waals surface area (Å²) in [6.07, 6.45) is 2.59. The number of carbonyl (C=O) groups is 1. The van der Waals surface area contributed by atoms with Crippen LogP contribution in [0.3, 0.4) is 0 Å². The normalized spacial score (nSPS) is 19.0. The first-order valence-electron chi connectivity index (χ1n) is 6.26. The summed E-state index contributed by atoms with van der Waals surface area (Å²) in [4.78, 5) is 13.4. The predicted molar refractivity (Wildman–Crippen MR) is 65.8 cm³/mol. The summed E-state index contributed by atoms with van der Waals surface area (Å²) in [6.45, 7) is 2.42. The predicted octanol–water partition coefficient (Wildman–Crippen LogP) is -0.0141. The van der Waals surface area contributed by atoms with Crippen molar-refractivity contribution in [2.45, 2.75) is 31.3 Å². The first-order valence-corrected chi connectivity index (χ1v) is 6.26. The van der Waals surface area contributed by atoms with Gasteiger partial charge in [0.1, 0.15) is 0 Å². The molecule has 1 fully saturated rings. The van der Waals surface area contributed by atoms with E-state index in [1.807, 2.05) is 7.05 Å². The minimum atomic E-state index is -0.758. The van der Waals surface area contributed by atoms with Gasteiger partial charge in [-0.15, -0.1) is 0 Å². The monoisotopic (exact) mass is 244 g/mol. The molecule has 0 unspecified atom stereocenters. The number of hydrogen-bond donors (Lipinski definition) is 2. The largest absolute Gasteiger partial charge is 0.388 e. The van der Waals surface area contributed by atoms with Crippen LogP contribution in [0, 0.1) is 0 Å². The molecule has 1 saturated heterocycles. The van der Waals surface area contributed by atoms with Gasteiger partial charge in [-0.2, -0.15) is 0 Å². The molecule has 1 aliphatic heterocycles. The van der Waals surface area contributed by atoms with Crippen LogP contribution in [-0.4, -0.2) is 61.9 Å². The Kier molecular flexibility index (Phi) is 5.88. The average molecular weight is 244 g/mol. The molecule has 100 valence electrons. The summed E-state index contributed by atoms with van der Waals surface area (Å²) in [5.41, 5.74) is -0.758. The van der Waals surface area contributed by atoms with Gasteiger partial charge >= 0.3 is 0 Å². The van der Waals surface area contributed by atoms with E-state index in [0.717, 1.165) is 13.0 Å². The maximum Gasteiger partial charge on any atom is 0.222 e. The fraction of sp³-hybridized carbons (Fsp3) is 0.917. The van der Waals surface area contributed by atoms with E-state index in [9.17, 15) is 9.90 Å². The molecule has 5 heteroatoms. The van der Waals surface area contributed by atoms with Crippen molar-refractivity contribution in [2.75, 3.05) is 40.4 Å². The number of carbonyl (C=O) groups excluding carboxylic acids is 1. The number of amides is 1. The van der Waals surface area contributed by atoms with E-state index in [2.05, 4.69) is 5.32 Å². The lowest BCUT2D eigenvalue weighted by Crippen LogP contribution is -2.47. The maximum atomic E-state index is 11.8. The van der Waals surface area contributed by atoms with Gasteiger partial charge in [-0.1, -0.05) is 0 Å². The molecule has 0 saturated carbocycles. The highest BCUT2D eigenvalue weighted by atomic mass is 16.5. The number of rotatable bonds is 6. The molecule has 5 nitrogen and oxygen atoms in total. The number of nitrogens with zero attached hydrogens (tertiary/aromatic N) is 1. The topological polar surface area (TPSA) is 61.8 Å².